The number of allylic oxidation sites excluding steroid dienone is 1. The Morgan fingerprint density at radius 3 is 2.57 bits per heavy atom. The van der Waals surface area contributed by atoms with Gasteiger partial charge in [0.2, 0.25) is 11.8 Å². The van der Waals surface area contributed by atoms with E-state index in [9.17, 15) is 10.2 Å². The lowest BCUT2D eigenvalue weighted by Gasteiger charge is -2.32. The van der Waals surface area contributed by atoms with Crippen LogP contribution in [0.15, 0.2) is 17.8 Å². The third-order valence-corrected chi connectivity index (χ3v) is 6.16. The van der Waals surface area contributed by atoms with Crippen LogP contribution in [0.2, 0.25) is 0 Å². The molecule has 2 aliphatic rings. The number of hydrogen-bond acceptors (Lipinski definition) is 7. The zero-order valence-corrected chi connectivity index (χ0v) is 18.5. The van der Waals surface area contributed by atoms with E-state index < -0.39 is 0 Å². The molecule has 1 unspecified atom stereocenters. The molecular weight excluding hydrogens is 380 g/mol. The topological polar surface area (TPSA) is 99.9 Å². The first-order valence-corrected chi connectivity index (χ1v) is 11.2. The SMILES string of the molecule is C=C(c1nc(NC(C)CCC)ncc1/C(=N\C)O[C@H]1C[C@@H](O)C1)[C@H]1CC[C@H](O)CC1. The summed E-state index contributed by atoms with van der Waals surface area (Å²) >= 11 is 0. The van der Waals surface area contributed by atoms with Crippen molar-refractivity contribution < 1.29 is 14.9 Å². The van der Waals surface area contributed by atoms with Gasteiger partial charge in [-0.1, -0.05) is 19.9 Å². The van der Waals surface area contributed by atoms with Crippen LogP contribution in [0.5, 0.6) is 0 Å². The van der Waals surface area contributed by atoms with Crippen molar-refractivity contribution in [2.45, 2.75) is 89.6 Å². The smallest absolute Gasteiger partial charge is 0.223 e. The summed E-state index contributed by atoms with van der Waals surface area (Å²) in [5.41, 5.74) is 2.45. The maximum atomic E-state index is 9.88. The average molecular weight is 417 g/mol. The molecule has 0 bridgehead atoms. The number of anilines is 1. The van der Waals surface area contributed by atoms with E-state index in [4.69, 9.17) is 9.72 Å². The number of aliphatic hydroxyl groups excluding tert-OH is 2. The first-order chi connectivity index (χ1) is 14.4. The molecule has 3 N–H and O–H groups in total. The van der Waals surface area contributed by atoms with E-state index in [2.05, 4.69) is 35.7 Å². The van der Waals surface area contributed by atoms with E-state index in [1.165, 1.54) is 0 Å². The molecule has 1 aromatic rings. The Balaban J connectivity index is 1.86. The van der Waals surface area contributed by atoms with E-state index in [1.807, 2.05) is 0 Å². The minimum atomic E-state index is -0.293. The van der Waals surface area contributed by atoms with Crippen LogP contribution in [0, 0.1) is 5.92 Å². The lowest BCUT2D eigenvalue weighted by atomic mass is 9.81. The largest absolute Gasteiger partial charge is 0.474 e. The summed E-state index contributed by atoms with van der Waals surface area (Å²) in [6.45, 7) is 8.67. The number of aromatic nitrogens is 2. The van der Waals surface area contributed by atoms with Crippen molar-refractivity contribution in [3.05, 3.63) is 24.0 Å². The number of nitrogens with zero attached hydrogens (tertiary/aromatic N) is 3. The monoisotopic (exact) mass is 416 g/mol. The normalized spacial score (nSPS) is 27.8. The standard InChI is InChI=1S/C23H36N4O3/c1-5-6-14(2)26-23-25-13-20(22(24-4)30-19-11-18(29)12-19)21(27-23)15(3)16-7-9-17(28)10-8-16/h13-14,16-19,28-29H,3,5-12H2,1-2,4H3,(H,25,26,27)/b24-22+/t14?,16-,17-,18-,19+. The lowest BCUT2D eigenvalue weighted by Crippen LogP contribution is -2.37. The van der Waals surface area contributed by atoms with Crippen molar-refractivity contribution in [1.82, 2.24) is 9.97 Å². The second-order valence-electron chi connectivity index (χ2n) is 8.71. The Kier molecular flexibility index (Phi) is 7.83. The van der Waals surface area contributed by atoms with Crippen molar-refractivity contribution in [3.8, 4) is 0 Å². The van der Waals surface area contributed by atoms with Gasteiger partial charge in [-0.3, -0.25) is 4.99 Å². The van der Waals surface area contributed by atoms with E-state index in [-0.39, 0.29) is 30.3 Å². The predicted molar refractivity (Wildman–Crippen MR) is 120 cm³/mol. The fraction of sp³-hybridized carbons (Fsp3) is 0.696. The molecular formula is C23H36N4O3. The van der Waals surface area contributed by atoms with Crippen LogP contribution in [-0.2, 0) is 4.74 Å². The van der Waals surface area contributed by atoms with Gasteiger partial charge in [-0.2, -0.15) is 0 Å². The highest BCUT2D eigenvalue weighted by atomic mass is 16.5. The summed E-state index contributed by atoms with van der Waals surface area (Å²) in [5.74, 6) is 1.35. The highest BCUT2D eigenvalue weighted by Crippen LogP contribution is 2.36. The van der Waals surface area contributed by atoms with Crippen molar-refractivity contribution in [2.24, 2.45) is 10.9 Å². The maximum Gasteiger partial charge on any atom is 0.223 e. The zero-order chi connectivity index (χ0) is 21.7. The lowest BCUT2D eigenvalue weighted by molar-refractivity contribution is -0.0169. The van der Waals surface area contributed by atoms with Crippen molar-refractivity contribution in [3.63, 3.8) is 0 Å². The Hall–Kier alpha value is -1.99. The third kappa shape index (κ3) is 5.58. The number of hydrogen-bond donors (Lipinski definition) is 3. The van der Waals surface area contributed by atoms with Gasteiger partial charge in [0, 0.05) is 32.1 Å². The maximum absolute atomic E-state index is 9.88. The van der Waals surface area contributed by atoms with Gasteiger partial charge < -0.3 is 20.3 Å². The summed E-state index contributed by atoms with van der Waals surface area (Å²) in [4.78, 5) is 13.7. The van der Waals surface area contributed by atoms with Gasteiger partial charge >= 0.3 is 0 Å². The molecule has 7 nitrogen and oxygen atoms in total. The molecule has 2 aliphatic carbocycles. The van der Waals surface area contributed by atoms with Crippen LogP contribution in [-0.4, -0.2) is 57.5 Å². The van der Waals surface area contributed by atoms with E-state index in [0.29, 0.717) is 24.7 Å². The molecule has 0 amide bonds. The number of rotatable bonds is 8. The third-order valence-electron chi connectivity index (χ3n) is 6.16. The quantitative estimate of drug-likeness (QED) is 0.443. The molecule has 7 heteroatoms. The summed E-state index contributed by atoms with van der Waals surface area (Å²) in [5, 5.41) is 22.9. The van der Waals surface area contributed by atoms with Crippen LogP contribution in [0.1, 0.15) is 76.5 Å². The highest BCUT2D eigenvalue weighted by molar-refractivity contribution is 5.98. The first-order valence-electron chi connectivity index (χ1n) is 11.2. The number of aliphatic imine (C=N–C) groups is 1. The van der Waals surface area contributed by atoms with E-state index in [1.54, 1.807) is 13.2 Å². The van der Waals surface area contributed by atoms with Crippen LogP contribution < -0.4 is 5.32 Å². The van der Waals surface area contributed by atoms with Gasteiger partial charge in [0.05, 0.1) is 23.5 Å². The van der Waals surface area contributed by atoms with Crippen LogP contribution in [0.4, 0.5) is 5.95 Å². The molecule has 30 heavy (non-hydrogen) atoms. The van der Waals surface area contributed by atoms with Gasteiger partial charge in [0.25, 0.3) is 0 Å². The summed E-state index contributed by atoms with van der Waals surface area (Å²) in [6, 6.07) is 0.277. The van der Waals surface area contributed by atoms with Gasteiger partial charge in [0.15, 0.2) is 0 Å². The van der Waals surface area contributed by atoms with Crippen LogP contribution >= 0.6 is 0 Å². The first kappa shape index (κ1) is 22.7. The molecule has 0 aliphatic heterocycles. The Bertz CT molecular complexity index is 753. The van der Waals surface area contributed by atoms with E-state index in [0.717, 1.165) is 55.4 Å². The van der Waals surface area contributed by atoms with Crippen molar-refractivity contribution >= 4 is 17.4 Å². The molecule has 0 aromatic carbocycles. The fourth-order valence-corrected chi connectivity index (χ4v) is 4.22. The van der Waals surface area contributed by atoms with Gasteiger partial charge in [0.1, 0.15) is 6.10 Å². The van der Waals surface area contributed by atoms with Crippen molar-refractivity contribution in [2.75, 3.05) is 12.4 Å². The van der Waals surface area contributed by atoms with Crippen LogP contribution in [0.3, 0.4) is 0 Å². The zero-order valence-electron chi connectivity index (χ0n) is 18.5. The molecule has 2 saturated carbocycles. The number of nitrogens with one attached hydrogen (secondary N) is 1. The summed E-state index contributed by atoms with van der Waals surface area (Å²) in [7, 11) is 1.70. The van der Waals surface area contributed by atoms with Crippen molar-refractivity contribution in [1.29, 1.82) is 0 Å². The van der Waals surface area contributed by atoms with Gasteiger partial charge in [-0.05, 0) is 50.5 Å². The fourth-order valence-electron chi connectivity index (χ4n) is 4.22. The molecule has 0 spiro atoms. The van der Waals surface area contributed by atoms with Gasteiger partial charge in [-0.15, -0.1) is 0 Å². The molecule has 2 fully saturated rings. The minimum Gasteiger partial charge on any atom is -0.474 e. The van der Waals surface area contributed by atoms with Gasteiger partial charge in [-0.25, -0.2) is 9.97 Å². The van der Waals surface area contributed by atoms with Crippen LogP contribution in [0.25, 0.3) is 5.57 Å². The summed E-state index contributed by atoms with van der Waals surface area (Å²) < 4.78 is 6.06. The predicted octanol–water partition coefficient (Wildman–Crippen LogP) is 3.56. The number of ether oxygens (including phenoxy) is 1. The average Bonchev–Trinajstić information content (AvgIpc) is 2.71. The molecule has 1 atom stereocenters. The molecule has 0 radical (unpaired) electrons. The molecule has 1 heterocycles. The Labute approximate surface area is 179 Å². The molecule has 0 saturated heterocycles. The second-order valence-corrected chi connectivity index (χ2v) is 8.71. The van der Waals surface area contributed by atoms with E-state index >= 15 is 0 Å². The Morgan fingerprint density at radius 2 is 1.97 bits per heavy atom. The Morgan fingerprint density at radius 1 is 1.27 bits per heavy atom. The second kappa shape index (κ2) is 10.4. The molecule has 1 aromatic heterocycles. The highest BCUT2D eigenvalue weighted by Gasteiger charge is 2.32. The number of aliphatic hydroxyl groups is 2. The molecule has 3 rings (SSSR count). The minimum absolute atomic E-state index is 0.0352. The summed E-state index contributed by atoms with van der Waals surface area (Å²) in [6.07, 6.45) is 7.94. The molecule has 166 valence electrons.